The van der Waals surface area contributed by atoms with Crippen molar-refractivity contribution in [1.82, 2.24) is 4.57 Å². The van der Waals surface area contributed by atoms with E-state index in [9.17, 15) is 4.79 Å². The van der Waals surface area contributed by atoms with Crippen molar-refractivity contribution in [3.8, 4) is 0 Å². The average Bonchev–Trinajstić information content (AvgIpc) is 2.61. The molecule has 0 aliphatic rings. The largest absolute Gasteiger partial charge is 0.464 e. The molecule has 0 bridgehead atoms. The van der Waals surface area contributed by atoms with Gasteiger partial charge in [0.15, 0.2) is 0 Å². The molecular weight excluding hydrogens is 178 g/mol. The predicted molar refractivity (Wildman–Crippen MR) is 57.5 cm³/mol. The lowest BCUT2D eigenvalue weighted by molar-refractivity contribution is 0.0588. The molecule has 1 rings (SSSR count). The molecule has 0 saturated heterocycles. The average molecular weight is 197 g/mol. The molecule has 0 N–H and O–H groups in total. The molecule has 1 heterocycles. The van der Waals surface area contributed by atoms with E-state index < -0.39 is 0 Å². The molecule has 0 unspecified atom stereocenters. The predicted octanol–water partition coefficient (Wildman–Crippen LogP) is 2.63. The van der Waals surface area contributed by atoms with Crippen molar-refractivity contribution in [3.63, 3.8) is 0 Å². The Labute approximate surface area is 85.7 Å². The fourth-order valence-electron chi connectivity index (χ4n) is 1.19. The Balaban J connectivity index is 0.000000791. The Kier molecular flexibility index (Phi) is 5.68. The van der Waals surface area contributed by atoms with Crippen LogP contribution in [0.2, 0.25) is 0 Å². The first-order chi connectivity index (χ1) is 6.69. The molecule has 80 valence electrons. The van der Waals surface area contributed by atoms with Crippen LogP contribution in [0.25, 0.3) is 0 Å². The Hall–Kier alpha value is -1.25. The maximum Gasteiger partial charge on any atom is 0.354 e. The summed E-state index contributed by atoms with van der Waals surface area (Å²) in [6, 6.07) is 1.83. The van der Waals surface area contributed by atoms with E-state index in [2.05, 4.69) is 4.74 Å². The second-order valence-corrected chi connectivity index (χ2v) is 2.68. The molecule has 0 amide bonds. The van der Waals surface area contributed by atoms with Gasteiger partial charge >= 0.3 is 5.97 Å². The second kappa shape index (κ2) is 6.24. The van der Waals surface area contributed by atoms with Crippen LogP contribution in [0.4, 0.5) is 0 Å². The number of esters is 1. The molecule has 0 aliphatic heterocycles. The molecule has 0 aromatic carbocycles. The normalized spacial score (nSPS) is 8.93. The lowest BCUT2D eigenvalue weighted by Crippen LogP contribution is -2.08. The van der Waals surface area contributed by atoms with Gasteiger partial charge in [-0.05, 0) is 25.5 Å². The van der Waals surface area contributed by atoms with Gasteiger partial charge < -0.3 is 9.30 Å². The fraction of sp³-hybridized carbons (Fsp3) is 0.545. The van der Waals surface area contributed by atoms with Crippen molar-refractivity contribution in [2.45, 2.75) is 34.2 Å². The molecule has 3 nitrogen and oxygen atoms in total. The van der Waals surface area contributed by atoms with Crippen LogP contribution in [-0.4, -0.2) is 17.6 Å². The number of hydrogen-bond donors (Lipinski definition) is 0. The van der Waals surface area contributed by atoms with Gasteiger partial charge in [-0.15, -0.1) is 0 Å². The van der Waals surface area contributed by atoms with Gasteiger partial charge in [-0.1, -0.05) is 13.8 Å². The molecule has 0 aliphatic carbocycles. The van der Waals surface area contributed by atoms with E-state index in [0.717, 1.165) is 12.1 Å². The summed E-state index contributed by atoms with van der Waals surface area (Å²) in [5.41, 5.74) is 1.70. The minimum Gasteiger partial charge on any atom is -0.464 e. The highest BCUT2D eigenvalue weighted by molar-refractivity contribution is 5.87. The van der Waals surface area contributed by atoms with Crippen LogP contribution in [-0.2, 0) is 11.3 Å². The van der Waals surface area contributed by atoms with Crippen molar-refractivity contribution < 1.29 is 9.53 Å². The van der Waals surface area contributed by atoms with Crippen LogP contribution in [0.3, 0.4) is 0 Å². The first-order valence-corrected chi connectivity index (χ1v) is 4.94. The lowest BCUT2D eigenvalue weighted by atomic mass is 10.3. The van der Waals surface area contributed by atoms with Crippen molar-refractivity contribution in [2.75, 3.05) is 7.11 Å². The van der Waals surface area contributed by atoms with Gasteiger partial charge in [-0.25, -0.2) is 4.79 Å². The minimum atomic E-state index is -0.273. The monoisotopic (exact) mass is 197 g/mol. The van der Waals surface area contributed by atoms with E-state index in [0.29, 0.717) is 5.69 Å². The number of aromatic nitrogens is 1. The zero-order chi connectivity index (χ0) is 11.1. The van der Waals surface area contributed by atoms with Gasteiger partial charge in [0, 0.05) is 12.7 Å². The topological polar surface area (TPSA) is 31.2 Å². The lowest BCUT2D eigenvalue weighted by Gasteiger charge is -2.02. The molecule has 14 heavy (non-hydrogen) atoms. The van der Waals surface area contributed by atoms with Gasteiger partial charge in [0.25, 0.3) is 0 Å². The number of carbonyl (C=O) groups excluding carboxylic acids is 1. The summed E-state index contributed by atoms with van der Waals surface area (Å²) in [6.45, 7) is 8.74. The van der Waals surface area contributed by atoms with Crippen LogP contribution < -0.4 is 0 Å². The van der Waals surface area contributed by atoms with Gasteiger partial charge in [-0.2, -0.15) is 0 Å². The van der Waals surface area contributed by atoms with Crippen LogP contribution in [0.5, 0.6) is 0 Å². The number of ether oxygens (including phenoxy) is 1. The fourth-order valence-corrected chi connectivity index (χ4v) is 1.19. The highest BCUT2D eigenvalue weighted by Gasteiger charge is 2.10. The number of hydrogen-bond acceptors (Lipinski definition) is 2. The summed E-state index contributed by atoms with van der Waals surface area (Å²) in [5.74, 6) is -0.273. The molecule has 0 atom stereocenters. The van der Waals surface area contributed by atoms with Crippen LogP contribution in [0.15, 0.2) is 12.3 Å². The molecule has 0 fully saturated rings. The summed E-state index contributed by atoms with van der Waals surface area (Å²) >= 11 is 0. The van der Waals surface area contributed by atoms with Gasteiger partial charge in [0.2, 0.25) is 0 Å². The molecule has 0 radical (unpaired) electrons. The third kappa shape index (κ3) is 2.91. The second-order valence-electron chi connectivity index (χ2n) is 2.68. The maximum atomic E-state index is 11.2. The first kappa shape index (κ1) is 12.8. The minimum absolute atomic E-state index is 0.273. The number of methoxy groups -OCH3 is 1. The van der Waals surface area contributed by atoms with Gasteiger partial charge in [0.05, 0.1) is 7.11 Å². The Morgan fingerprint density at radius 3 is 2.50 bits per heavy atom. The number of aryl methyl sites for hydroxylation is 2. The smallest absolute Gasteiger partial charge is 0.354 e. The standard InChI is InChI=1S/C9H13NO2.C2H6/c1-4-10-6-7(2)5-8(10)9(11)12-3;1-2/h5-6H,4H2,1-3H3;1-2H3. The molecule has 0 saturated carbocycles. The number of nitrogens with zero attached hydrogens (tertiary/aromatic N) is 1. The van der Waals surface area contributed by atoms with Crippen molar-refractivity contribution >= 4 is 5.97 Å². The van der Waals surface area contributed by atoms with E-state index >= 15 is 0 Å². The Morgan fingerprint density at radius 2 is 2.07 bits per heavy atom. The van der Waals surface area contributed by atoms with Crippen LogP contribution >= 0.6 is 0 Å². The SMILES string of the molecule is CC.CCn1cc(C)cc1C(=O)OC. The van der Waals surface area contributed by atoms with Gasteiger partial charge in [-0.3, -0.25) is 0 Å². The molecular formula is C11H19NO2. The van der Waals surface area contributed by atoms with Crippen LogP contribution in [0.1, 0.15) is 36.8 Å². The zero-order valence-electron chi connectivity index (χ0n) is 9.63. The van der Waals surface area contributed by atoms with Crippen LogP contribution in [0, 0.1) is 6.92 Å². The van der Waals surface area contributed by atoms with Crippen molar-refractivity contribution in [1.29, 1.82) is 0 Å². The highest BCUT2D eigenvalue weighted by atomic mass is 16.5. The third-order valence-corrected chi connectivity index (χ3v) is 1.77. The Morgan fingerprint density at radius 1 is 1.50 bits per heavy atom. The van der Waals surface area contributed by atoms with E-state index in [1.165, 1.54) is 7.11 Å². The van der Waals surface area contributed by atoms with Gasteiger partial charge in [0.1, 0.15) is 5.69 Å². The number of carbonyl (C=O) groups is 1. The summed E-state index contributed by atoms with van der Waals surface area (Å²) < 4.78 is 6.51. The third-order valence-electron chi connectivity index (χ3n) is 1.77. The van der Waals surface area contributed by atoms with Crippen molar-refractivity contribution in [3.05, 3.63) is 23.5 Å². The zero-order valence-corrected chi connectivity index (χ0v) is 9.63. The van der Waals surface area contributed by atoms with E-state index in [-0.39, 0.29) is 5.97 Å². The van der Waals surface area contributed by atoms with E-state index in [1.54, 1.807) is 0 Å². The summed E-state index contributed by atoms with van der Waals surface area (Å²) in [4.78, 5) is 11.2. The molecule has 1 aromatic rings. The molecule has 1 aromatic heterocycles. The first-order valence-electron chi connectivity index (χ1n) is 4.94. The number of rotatable bonds is 2. The highest BCUT2D eigenvalue weighted by Crippen LogP contribution is 2.08. The van der Waals surface area contributed by atoms with E-state index in [1.807, 2.05) is 44.5 Å². The summed E-state index contributed by atoms with van der Waals surface area (Å²) in [7, 11) is 1.39. The molecule has 3 heteroatoms. The van der Waals surface area contributed by atoms with Crippen molar-refractivity contribution in [2.24, 2.45) is 0 Å². The summed E-state index contributed by atoms with van der Waals surface area (Å²) in [5, 5.41) is 0. The molecule has 0 spiro atoms. The maximum absolute atomic E-state index is 11.2. The summed E-state index contributed by atoms with van der Waals surface area (Å²) in [6.07, 6.45) is 1.94. The quantitative estimate of drug-likeness (QED) is 0.682. The van der Waals surface area contributed by atoms with E-state index in [4.69, 9.17) is 0 Å². The Bertz CT molecular complexity index is 289.